The van der Waals surface area contributed by atoms with Crippen LogP contribution in [0.3, 0.4) is 0 Å². The molecule has 0 unspecified atom stereocenters. The molecule has 0 fully saturated rings. The smallest absolute Gasteiger partial charge is 0.343 e. The molecule has 4 nitrogen and oxygen atoms in total. The summed E-state index contributed by atoms with van der Waals surface area (Å²) in [5, 5.41) is 0. The quantitative estimate of drug-likeness (QED) is 0.638. The molecule has 0 spiro atoms. The lowest BCUT2D eigenvalue weighted by atomic mass is 10.2. The molecular weight excluding hydrogens is 263 g/mol. The highest BCUT2D eigenvalue weighted by atomic mass is 19.1. The van der Waals surface area contributed by atoms with E-state index < -0.39 is 17.8 Å². The molecule has 0 N–H and O–H groups in total. The molecule has 2 aromatic rings. The zero-order valence-corrected chi connectivity index (χ0v) is 10.6. The highest BCUT2D eigenvalue weighted by Gasteiger charge is 2.16. The second-order valence-electron chi connectivity index (χ2n) is 3.89. The van der Waals surface area contributed by atoms with E-state index in [9.17, 15) is 14.0 Å². The van der Waals surface area contributed by atoms with Gasteiger partial charge in [0.25, 0.3) is 0 Å². The zero-order chi connectivity index (χ0) is 14.5. The second kappa shape index (κ2) is 5.97. The summed E-state index contributed by atoms with van der Waals surface area (Å²) in [5.74, 6) is -1.84. The predicted molar refractivity (Wildman–Crippen MR) is 69.1 cm³/mol. The van der Waals surface area contributed by atoms with Crippen molar-refractivity contribution in [3.8, 4) is 5.75 Å². The maximum Gasteiger partial charge on any atom is 0.343 e. The van der Waals surface area contributed by atoms with Crippen LogP contribution in [0.25, 0.3) is 0 Å². The molecule has 20 heavy (non-hydrogen) atoms. The first-order chi connectivity index (χ1) is 9.61. The average molecular weight is 274 g/mol. The van der Waals surface area contributed by atoms with E-state index in [1.165, 1.54) is 37.4 Å². The third-order valence-electron chi connectivity index (χ3n) is 2.56. The van der Waals surface area contributed by atoms with Crippen LogP contribution < -0.4 is 4.74 Å². The van der Waals surface area contributed by atoms with Gasteiger partial charge in [0.2, 0.25) is 0 Å². The van der Waals surface area contributed by atoms with E-state index in [4.69, 9.17) is 4.74 Å². The highest BCUT2D eigenvalue weighted by Crippen LogP contribution is 2.20. The Kier molecular flexibility index (Phi) is 4.10. The number of rotatable bonds is 3. The Balaban J connectivity index is 2.26. The summed E-state index contributed by atoms with van der Waals surface area (Å²) in [7, 11) is 1.23. The summed E-state index contributed by atoms with van der Waals surface area (Å²) < 4.78 is 22.7. The summed E-state index contributed by atoms with van der Waals surface area (Å²) in [6, 6.07) is 11.3. The molecule has 102 valence electrons. The van der Waals surface area contributed by atoms with Gasteiger partial charge in [0, 0.05) is 0 Å². The third-order valence-corrected chi connectivity index (χ3v) is 2.56. The first-order valence-electron chi connectivity index (χ1n) is 5.77. The molecule has 0 radical (unpaired) electrons. The molecule has 0 atom stereocenters. The van der Waals surface area contributed by atoms with Crippen molar-refractivity contribution in [2.24, 2.45) is 0 Å². The van der Waals surface area contributed by atoms with Crippen LogP contribution in [0.15, 0.2) is 48.5 Å². The van der Waals surface area contributed by atoms with Gasteiger partial charge in [-0.05, 0) is 30.3 Å². The summed E-state index contributed by atoms with van der Waals surface area (Å²) in [4.78, 5) is 23.4. The minimum atomic E-state index is -0.749. The lowest BCUT2D eigenvalue weighted by Gasteiger charge is -2.08. The van der Waals surface area contributed by atoms with Crippen molar-refractivity contribution >= 4 is 11.9 Å². The van der Waals surface area contributed by atoms with Gasteiger partial charge in [-0.1, -0.05) is 18.2 Å². The summed E-state index contributed by atoms with van der Waals surface area (Å²) in [5.41, 5.74) is 0.185. The molecular formula is C15H11FO4. The maximum absolute atomic E-state index is 13.0. The van der Waals surface area contributed by atoms with Crippen molar-refractivity contribution < 1.29 is 23.5 Å². The van der Waals surface area contributed by atoms with Gasteiger partial charge in [0.1, 0.15) is 17.1 Å². The number of ether oxygens (including phenoxy) is 2. The van der Waals surface area contributed by atoms with Crippen LogP contribution in [0.2, 0.25) is 0 Å². The van der Waals surface area contributed by atoms with Gasteiger partial charge >= 0.3 is 11.9 Å². The number of carbonyl (C=O) groups excluding carboxylic acids is 2. The van der Waals surface area contributed by atoms with Gasteiger partial charge in [0.05, 0.1) is 12.7 Å². The normalized spacial score (nSPS) is 9.90. The number of methoxy groups -OCH3 is 1. The van der Waals surface area contributed by atoms with Crippen molar-refractivity contribution in [3.05, 3.63) is 65.5 Å². The Bertz CT molecular complexity index is 652. The Morgan fingerprint density at radius 3 is 2.45 bits per heavy atom. The number of halogens is 1. The minimum Gasteiger partial charge on any atom is -0.465 e. The highest BCUT2D eigenvalue weighted by molar-refractivity contribution is 5.96. The molecule has 0 saturated heterocycles. The van der Waals surface area contributed by atoms with Crippen LogP contribution in [0.1, 0.15) is 20.7 Å². The Labute approximate surface area is 114 Å². The van der Waals surface area contributed by atoms with E-state index in [1.807, 2.05) is 0 Å². The molecule has 0 aromatic heterocycles. The summed E-state index contributed by atoms with van der Waals surface area (Å²) >= 11 is 0. The summed E-state index contributed by atoms with van der Waals surface area (Å²) in [6.07, 6.45) is 0. The van der Waals surface area contributed by atoms with E-state index in [2.05, 4.69) is 4.74 Å². The van der Waals surface area contributed by atoms with Crippen molar-refractivity contribution in [1.29, 1.82) is 0 Å². The van der Waals surface area contributed by atoms with Gasteiger partial charge in [-0.25, -0.2) is 14.0 Å². The fourth-order valence-corrected chi connectivity index (χ4v) is 1.61. The lowest BCUT2D eigenvalue weighted by Crippen LogP contribution is -2.12. The molecule has 2 rings (SSSR count). The molecule has 0 aliphatic rings. The Morgan fingerprint density at radius 1 is 1.00 bits per heavy atom. The van der Waals surface area contributed by atoms with Crippen molar-refractivity contribution in [2.75, 3.05) is 7.11 Å². The van der Waals surface area contributed by atoms with Gasteiger partial charge in [0.15, 0.2) is 0 Å². The fraction of sp³-hybridized carbons (Fsp3) is 0.0667. The van der Waals surface area contributed by atoms with Gasteiger partial charge < -0.3 is 9.47 Å². The average Bonchev–Trinajstić information content (AvgIpc) is 2.47. The van der Waals surface area contributed by atoms with E-state index >= 15 is 0 Å². The van der Waals surface area contributed by atoms with Crippen molar-refractivity contribution in [2.45, 2.75) is 0 Å². The SMILES string of the molecule is COC(=O)c1ccccc1OC(=O)c1cccc(F)c1. The monoisotopic (exact) mass is 274 g/mol. The van der Waals surface area contributed by atoms with Crippen LogP contribution in [0.5, 0.6) is 5.75 Å². The lowest BCUT2D eigenvalue weighted by molar-refractivity contribution is 0.0593. The Hall–Kier alpha value is -2.69. The predicted octanol–water partition coefficient (Wildman–Crippen LogP) is 2.83. The second-order valence-corrected chi connectivity index (χ2v) is 3.89. The standard InChI is InChI=1S/C15H11FO4/c1-19-15(18)12-7-2-3-8-13(12)20-14(17)10-5-4-6-11(16)9-10/h2-9H,1H3. The number of hydrogen-bond donors (Lipinski definition) is 0. The molecule has 0 bridgehead atoms. The molecule has 0 saturated carbocycles. The van der Waals surface area contributed by atoms with Gasteiger partial charge in [-0.2, -0.15) is 0 Å². The summed E-state index contributed by atoms with van der Waals surface area (Å²) in [6.45, 7) is 0. The number of carbonyl (C=O) groups is 2. The van der Waals surface area contributed by atoms with Crippen LogP contribution in [-0.2, 0) is 4.74 Å². The van der Waals surface area contributed by atoms with Gasteiger partial charge in [-0.15, -0.1) is 0 Å². The van der Waals surface area contributed by atoms with E-state index in [0.717, 1.165) is 6.07 Å². The first kappa shape index (κ1) is 13.7. The third kappa shape index (κ3) is 3.00. The molecule has 0 aliphatic carbocycles. The molecule has 0 amide bonds. The number of benzene rings is 2. The van der Waals surface area contributed by atoms with Crippen LogP contribution in [0.4, 0.5) is 4.39 Å². The van der Waals surface area contributed by atoms with Gasteiger partial charge in [-0.3, -0.25) is 0 Å². The molecule has 2 aromatic carbocycles. The largest absolute Gasteiger partial charge is 0.465 e. The van der Waals surface area contributed by atoms with Crippen molar-refractivity contribution in [3.63, 3.8) is 0 Å². The number of para-hydroxylation sites is 1. The molecule has 0 aliphatic heterocycles. The zero-order valence-electron chi connectivity index (χ0n) is 10.6. The van der Waals surface area contributed by atoms with Crippen molar-refractivity contribution in [1.82, 2.24) is 0 Å². The first-order valence-corrected chi connectivity index (χ1v) is 5.77. The fourth-order valence-electron chi connectivity index (χ4n) is 1.61. The number of esters is 2. The van der Waals surface area contributed by atoms with Crippen LogP contribution in [-0.4, -0.2) is 19.0 Å². The maximum atomic E-state index is 13.0. The van der Waals surface area contributed by atoms with Crippen LogP contribution >= 0.6 is 0 Å². The minimum absolute atomic E-state index is 0.0599. The topological polar surface area (TPSA) is 52.6 Å². The molecule has 5 heteroatoms. The van der Waals surface area contributed by atoms with Crippen LogP contribution in [0, 0.1) is 5.82 Å². The number of hydrogen-bond acceptors (Lipinski definition) is 4. The van der Waals surface area contributed by atoms with E-state index in [-0.39, 0.29) is 16.9 Å². The molecule has 0 heterocycles. The van der Waals surface area contributed by atoms with E-state index in [0.29, 0.717) is 0 Å². The van der Waals surface area contributed by atoms with E-state index in [1.54, 1.807) is 12.1 Å². The Morgan fingerprint density at radius 2 is 1.75 bits per heavy atom.